The van der Waals surface area contributed by atoms with Gasteiger partial charge in [-0.15, -0.1) is 0 Å². The van der Waals surface area contributed by atoms with Crippen LogP contribution >= 0.6 is 0 Å². The van der Waals surface area contributed by atoms with E-state index in [0.717, 1.165) is 11.4 Å². The van der Waals surface area contributed by atoms with E-state index in [9.17, 15) is 35.9 Å². The number of carbonyl (C=O) groups is 2. The average molecular weight is 703 g/mol. The molecule has 0 saturated carbocycles. The van der Waals surface area contributed by atoms with Crippen molar-refractivity contribution in [2.24, 2.45) is 0 Å². The van der Waals surface area contributed by atoms with Crippen molar-refractivity contribution in [3.05, 3.63) is 47.8 Å². The fraction of sp³-hybridized carbons (Fsp3) is 0.455. The molecule has 13 heteroatoms. The molecule has 0 atom stereocenters. The van der Waals surface area contributed by atoms with E-state index in [1.54, 1.807) is 0 Å². The normalized spacial score (nSPS) is 12.3. The van der Waals surface area contributed by atoms with Gasteiger partial charge in [0.15, 0.2) is 0 Å². The minimum absolute atomic E-state index is 0.124. The third kappa shape index (κ3) is 10.5. The van der Waals surface area contributed by atoms with Crippen LogP contribution in [-0.4, -0.2) is 58.7 Å². The third-order valence-corrected chi connectivity index (χ3v) is 5.90. The van der Waals surface area contributed by atoms with Crippen molar-refractivity contribution in [3.8, 4) is 11.4 Å². The zero-order valence-corrected chi connectivity index (χ0v) is 22.8. The fourth-order valence-corrected chi connectivity index (χ4v) is 3.59. The molecule has 0 unspecified atom stereocenters. The van der Waals surface area contributed by atoms with E-state index in [1.807, 2.05) is 12.4 Å². The predicted octanol–water partition coefficient (Wildman–Crippen LogP) is 5.47. The number of hydrogen-bond donors (Lipinski definition) is 0. The van der Waals surface area contributed by atoms with Crippen molar-refractivity contribution >= 4 is 36.4 Å². The second-order valence-electron chi connectivity index (χ2n) is 9.16. The Balaban J connectivity index is 0.000000367. The number of hydrogen-bond acceptors (Lipinski definition) is 6. The molecule has 2 rings (SSSR count). The van der Waals surface area contributed by atoms with E-state index in [-0.39, 0.29) is 10.8 Å². The Kier molecular flexibility index (Phi) is 10.2. The van der Waals surface area contributed by atoms with Gasteiger partial charge in [-0.05, 0) is 46.2 Å². The summed E-state index contributed by atoms with van der Waals surface area (Å²) < 4.78 is 75.0. The molecule has 0 fully saturated rings. The molecule has 194 valence electrons. The molecule has 2 aromatic heterocycles. The van der Waals surface area contributed by atoms with E-state index in [4.69, 9.17) is 0 Å². The Hall–Kier alpha value is -2.28. The van der Waals surface area contributed by atoms with Gasteiger partial charge in [-0.2, -0.15) is 0 Å². The molecule has 0 radical (unpaired) electrons. The van der Waals surface area contributed by atoms with Crippen molar-refractivity contribution < 1.29 is 41.5 Å². The first kappa shape index (κ1) is 30.7. The Bertz CT molecular complexity index is 947. The number of alkyl halides is 6. The summed E-state index contributed by atoms with van der Waals surface area (Å²) in [4.78, 5) is 28.8. The maximum atomic E-state index is 11.4. The van der Waals surface area contributed by atoms with Gasteiger partial charge in [0.25, 0.3) is 0 Å². The van der Waals surface area contributed by atoms with Gasteiger partial charge in [-0.1, -0.05) is 41.5 Å². The van der Waals surface area contributed by atoms with E-state index >= 15 is 0 Å². The number of halogens is 6. The topological polar surface area (TPSA) is 78.4 Å². The minimum atomic E-state index is -5.31. The first-order valence-corrected chi connectivity index (χ1v) is 12.5. The number of carbonyl (C=O) groups excluding carboxylic acids is 2. The molecule has 2 heterocycles. The summed E-state index contributed by atoms with van der Waals surface area (Å²) >= 11 is -3.23. The average Bonchev–Trinajstić information content (AvgIpc) is 2.71. The second-order valence-corrected chi connectivity index (χ2v) is 11.0. The van der Waals surface area contributed by atoms with Gasteiger partial charge < -0.3 is 0 Å². The van der Waals surface area contributed by atoms with Crippen molar-refractivity contribution in [2.45, 2.75) is 64.7 Å². The number of nitrogens with zero attached hydrogens (tertiary/aromatic N) is 2. The summed E-state index contributed by atoms with van der Waals surface area (Å²) in [6, 6.07) is 8.46. The van der Waals surface area contributed by atoms with Crippen LogP contribution in [0.2, 0.25) is 0 Å². The maximum absolute atomic E-state index is 11.4. The molecule has 2 aromatic rings. The van der Waals surface area contributed by atoms with Crippen LogP contribution in [0.15, 0.2) is 36.7 Å². The SMILES string of the molecule is CC(C)(C)c1ccnc(-c2cc(C(C)(C)C)ccn2)c1.O=C([O][Po][O]C(=O)C(F)(F)F)C(F)(F)F. The molecule has 0 aliphatic rings. The monoisotopic (exact) mass is 703 g/mol. The van der Waals surface area contributed by atoms with Gasteiger partial charge in [0.2, 0.25) is 0 Å². The van der Waals surface area contributed by atoms with Gasteiger partial charge in [-0.3, -0.25) is 9.97 Å². The number of aromatic nitrogens is 2. The zero-order valence-electron chi connectivity index (χ0n) is 19.7. The Morgan fingerprint density at radius 1 is 0.686 bits per heavy atom. The van der Waals surface area contributed by atoms with Gasteiger partial charge >= 0.3 is 90.2 Å². The molecule has 0 spiro atoms. The van der Waals surface area contributed by atoms with Crippen molar-refractivity contribution in [1.82, 2.24) is 9.97 Å². The molecular weight excluding hydrogens is 679 g/mol. The van der Waals surface area contributed by atoms with Crippen molar-refractivity contribution in [3.63, 3.8) is 0 Å². The molecule has 0 amide bonds. The summed E-state index contributed by atoms with van der Waals surface area (Å²) in [7, 11) is 0. The van der Waals surface area contributed by atoms with Crippen LogP contribution in [0.5, 0.6) is 0 Å². The molecule has 0 bridgehead atoms. The van der Waals surface area contributed by atoms with Gasteiger partial charge in [-0.25, -0.2) is 0 Å². The first-order chi connectivity index (χ1) is 15.7. The zero-order chi connectivity index (χ0) is 27.2. The van der Waals surface area contributed by atoms with Crippen LogP contribution in [0, 0.1) is 0 Å². The van der Waals surface area contributed by atoms with Crippen molar-refractivity contribution in [2.75, 3.05) is 0 Å². The van der Waals surface area contributed by atoms with Crippen LogP contribution in [0.25, 0.3) is 11.4 Å². The standard InChI is InChI=1S/C18H24N2.2C2HF3O2.Po/c1-17(2,3)13-7-9-19-15(11-13)16-12-14(8-10-20-16)18(4,5)6;2*3-2(4,5)1(6)7;/h7-12H,1-6H3;2*(H,6,7);/q;;;+2/p-2. The van der Waals surface area contributed by atoms with Gasteiger partial charge in [0, 0.05) is 12.4 Å². The van der Waals surface area contributed by atoms with E-state index in [0.29, 0.717) is 0 Å². The van der Waals surface area contributed by atoms with Crippen LogP contribution in [0.4, 0.5) is 26.3 Å². The first-order valence-electron chi connectivity index (χ1n) is 9.90. The Morgan fingerprint density at radius 2 is 1.00 bits per heavy atom. The Morgan fingerprint density at radius 3 is 1.26 bits per heavy atom. The quantitative estimate of drug-likeness (QED) is 0.395. The van der Waals surface area contributed by atoms with Crippen LogP contribution in [0.3, 0.4) is 0 Å². The van der Waals surface area contributed by atoms with Gasteiger partial charge in [0.05, 0.1) is 11.4 Å². The summed E-state index contributed by atoms with van der Waals surface area (Å²) in [5.74, 6) is -5.36. The summed E-state index contributed by atoms with van der Waals surface area (Å²) in [6.07, 6.45) is -6.88. The molecule has 6 nitrogen and oxygen atoms in total. The van der Waals surface area contributed by atoms with Crippen molar-refractivity contribution in [1.29, 1.82) is 0 Å². The van der Waals surface area contributed by atoms with Crippen LogP contribution < -0.4 is 0 Å². The van der Waals surface area contributed by atoms with Crippen LogP contribution in [-0.2, 0) is 26.0 Å². The van der Waals surface area contributed by atoms with E-state index in [1.165, 1.54) is 11.1 Å². The number of pyridine rings is 2. The molecular formula is C22H24F6N2O4Po. The predicted molar refractivity (Wildman–Crippen MR) is 115 cm³/mol. The molecule has 0 aromatic carbocycles. The van der Waals surface area contributed by atoms with E-state index in [2.05, 4.69) is 81.3 Å². The molecule has 0 aliphatic carbocycles. The summed E-state index contributed by atoms with van der Waals surface area (Å²) in [6.45, 7) is 13.3. The van der Waals surface area contributed by atoms with E-state index < -0.39 is 48.7 Å². The fourth-order valence-electron chi connectivity index (χ4n) is 2.25. The molecule has 35 heavy (non-hydrogen) atoms. The number of rotatable bonds is 3. The van der Waals surface area contributed by atoms with Gasteiger partial charge in [0.1, 0.15) is 0 Å². The Labute approximate surface area is 211 Å². The summed E-state index contributed by atoms with van der Waals surface area (Å²) in [5, 5.41) is 0. The van der Waals surface area contributed by atoms with Crippen LogP contribution in [0.1, 0.15) is 52.7 Å². The molecule has 0 aliphatic heterocycles. The third-order valence-electron chi connectivity index (χ3n) is 4.20. The molecule has 0 saturated heterocycles. The second kappa shape index (κ2) is 11.6. The summed E-state index contributed by atoms with van der Waals surface area (Å²) in [5.41, 5.74) is 4.71. The molecule has 0 N–H and O–H groups in total.